The van der Waals surface area contributed by atoms with Gasteiger partial charge in [0.25, 0.3) is 0 Å². The van der Waals surface area contributed by atoms with Gasteiger partial charge in [0.1, 0.15) is 11.6 Å². The van der Waals surface area contributed by atoms with E-state index in [1.807, 2.05) is 6.92 Å². The van der Waals surface area contributed by atoms with Crippen molar-refractivity contribution >= 4 is 11.5 Å². The predicted octanol–water partition coefficient (Wildman–Crippen LogP) is 3.45. The zero-order valence-electron chi connectivity index (χ0n) is 11.2. The van der Waals surface area contributed by atoms with Gasteiger partial charge < -0.3 is 10.5 Å². The van der Waals surface area contributed by atoms with E-state index in [2.05, 4.69) is 0 Å². The summed E-state index contributed by atoms with van der Waals surface area (Å²) < 4.78 is 18.5. The first-order chi connectivity index (χ1) is 9.61. The van der Waals surface area contributed by atoms with Crippen LogP contribution in [0.2, 0.25) is 0 Å². The number of benzene rings is 2. The number of hydrogen-bond acceptors (Lipinski definition) is 3. The lowest BCUT2D eigenvalue weighted by Gasteiger charge is -2.17. The van der Waals surface area contributed by atoms with Crippen molar-refractivity contribution in [2.24, 2.45) is 0 Å². The highest BCUT2D eigenvalue weighted by atomic mass is 19.1. The fourth-order valence-electron chi connectivity index (χ4n) is 1.86. The van der Waals surface area contributed by atoms with Gasteiger partial charge in [-0.1, -0.05) is 19.1 Å². The first-order valence-corrected chi connectivity index (χ1v) is 6.42. The normalized spacial score (nSPS) is 11.9. The number of ether oxygens (including phenoxy) is 1. The summed E-state index contributed by atoms with van der Waals surface area (Å²) in [5, 5.41) is 0. The fourth-order valence-corrected chi connectivity index (χ4v) is 1.86. The Labute approximate surface area is 117 Å². The van der Waals surface area contributed by atoms with Gasteiger partial charge in [-0.25, -0.2) is 4.39 Å². The van der Waals surface area contributed by atoms with Crippen LogP contribution in [0.3, 0.4) is 0 Å². The van der Waals surface area contributed by atoms with Crippen LogP contribution in [-0.2, 0) is 0 Å². The second kappa shape index (κ2) is 6.19. The molecule has 2 aromatic rings. The lowest BCUT2D eigenvalue weighted by Crippen LogP contribution is -2.27. The standard InChI is InChI=1S/C16H16FNO2/c1-2-14(20-15-6-4-3-5-13(15)18)16(19)11-7-9-12(17)10-8-11/h3-10,14H,2,18H2,1H3. The summed E-state index contributed by atoms with van der Waals surface area (Å²) in [6.07, 6.45) is -0.130. The van der Waals surface area contributed by atoms with Crippen LogP contribution in [0.15, 0.2) is 48.5 Å². The highest BCUT2D eigenvalue weighted by Crippen LogP contribution is 2.23. The van der Waals surface area contributed by atoms with Crippen molar-refractivity contribution in [1.29, 1.82) is 0 Å². The third-order valence-corrected chi connectivity index (χ3v) is 2.98. The summed E-state index contributed by atoms with van der Waals surface area (Å²) in [5.74, 6) is -0.0756. The molecule has 104 valence electrons. The van der Waals surface area contributed by atoms with E-state index in [1.165, 1.54) is 24.3 Å². The molecule has 1 unspecified atom stereocenters. The number of halogens is 1. The molecule has 0 saturated heterocycles. The molecule has 0 aliphatic heterocycles. The van der Waals surface area contributed by atoms with Crippen molar-refractivity contribution < 1.29 is 13.9 Å². The van der Waals surface area contributed by atoms with Gasteiger partial charge >= 0.3 is 0 Å². The summed E-state index contributed by atoms with van der Waals surface area (Å²) in [7, 11) is 0. The van der Waals surface area contributed by atoms with Crippen molar-refractivity contribution in [1.82, 2.24) is 0 Å². The third kappa shape index (κ3) is 3.15. The molecule has 0 bridgehead atoms. The second-order valence-corrected chi connectivity index (χ2v) is 4.42. The van der Waals surface area contributed by atoms with Gasteiger partial charge in [-0.15, -0.1) is 0 Å². The molecular weight excluding hydrogens is 257 g/mol. The number of nitrogen functional groups attached to an aromatic ring is 1. The molecule has 2 rings (SSSR count). The first-order valence-electron chi connectivity index (χ1n) is 6.42. The van der Waals surface area contributed by atoms with Gasteiger partial charge in [0.15, 0.2) is 6.10 Å². The van der Waals surface area contributed by atoms with Crippen molar-refractivity contribution in [3.8, 4) is 5.75 Å². The summed E-state index contributed by atoms with van der Waals surface area (Å²) in [6.45, 7) is 1.85. The van der Waals surface area contributed by atoms with Crippen LogP contribution in [0.5, 0.6) is 5.75 Å². The van der Waals surface area contributed by atoms with Crippen molar-refractivity contribution in [2.45, 2.75) is 19.4 Å². The molecule has 20 heavy (non-hydrogen) atoms. The van der Waals surface area contributed by atoms with Crippen LogP contribution in [0.4, 0.5) is 10.1 Å². The van der Waals surface area contributed by atoms with Crippen LogP contribution in [0.1, 0.15) is 23.7 Å². The minimum Gasteiger partial charge on any atom is -0.480 e. The minimum atomic E-state index is -0.634. The van der Waals surface area contributed by atoms with Crippen LogP contribution in [0, 0.1) is 5.82 Å². The molecule has 4 heteroatoms. The monoisotopic (exact) mass is 273 g/mol. The molecule has 0 heterocycles. The third-order valence-electron chi connectivity index (χ3n) is 2.98. The Morgan fingerprint density at radius 1 is 1.20 bits per heavy atom. The summed E-state index contributed by atoms with van der Waals surface area (Å²) in [4.78, 5) is 12.3. The molecule has 0 aromatic heterocycles. The quantitative estimate of drug-likeness (QED) is 0.670. The highest BCUT2D eigenvalue weighted by molar-refractivity contribution is 5.99. The smallest absolute Gasteiger partial charge is 0.203 e. The van der Waals surface area contributed by atoms with E-state index in [4.69, 9.17) is 10.5 Å². The number of nitrogens with two attached hydrogens (primary N) is 1. The SMILES string of the molecule is CCC(Oc1ccccc1N)C(=O)c1ccc(F)cc1. The molecule has 1 atom stereocenters. The van der Waals surface area contributed by atoms with Gasteiger partial charge in [-0.2, -0.15) is 0 Å². The van der Waals surface area contributed by atoms with E-state index in [9.17, 15) is 9.18 Å². The van der Waals surface area contributed by atoms with Crippen molar-refractivity contribution in [2.75, 3.05) is 5.73 Å². The van der Waals surface area contributed by atoms with E-state index in [1.54, 1.807) is 24.3 Å². The highest BCUT2D eigenvalue weighted by Gasteiger charge is 2.20. The molecule has 0 saturated carbocycles. The number of carbonyl (C=O) groups excluding carboxylic acids is 1. The van der Waals surface area contributed by atoms with Gasteiger partial charge in [-0.3, -0.25) is 4.79 Å². The molecule has 0 spiro atoms. The maximum atomic E-state index is 12.9. The van der Waals surface area contributed by atoms with E-state index < -0.39 is 6.10 Å². The van der Waals surface area contributed by atoms with E-state index >= 15 is 0 Å². The maximum absolute atomic E-state index is 12.9. The van der Waals surface area contributed by atoms with Gasteiger partial charge in [0.05, 0.1) is 5.69 Å². The summed E-state index contributed by atoms with van der Waals surface area (Å²) in [5.41, 5.74) is 6.70. The molecule has 3 nitrogen and oxygen atoms in total. The Balaban J connectivity index is 2.18. The second-order valence-electron chi connectivity index (χ2n) is 4.42. The van der Waals surface area contributed by atoms with Crippen molar-refractivity contribution in [3.63, 3.8) is 0 Å². The number of carbonyl (C=O) groups is 1. The van der Waals surface area contributed by atoms with Crippen LogP contribution in [0.25, 0.3) is 0 Å². The first kappa shape index (κ1) is 14.1. The average Bonchev–Trinajstić information content (AvgIpc) is 2.46. The average molecular weight is 273 g/mol. The predicted molar refractivity (Wildman–Crippen MR) is 76.3 cm³/mol. The Kier molecular flexibility index (Phi) is 4.35. The van der Waals surface area contributed by atoms with Crippen LogP contribution in [-0.4, -0.2) is 11.9 Å². The fraction of sp³-hybridized carbons (Fsp3) is 0.188. The number of para-hydroxylation sites is 2. The number of rotatable bonds is 5. The molecule has 0 amide bonds. The Hall–Kier alpha value is -2.36. The van der Waals surface area contributed by atoms with E-state index in [0.29, 0.717) is 23.4 Å². The Morgan fingerprint density at radius 3 is 2.45 bits per heavy atom. The number of Topliss-reactive ketones (excluding diaryl/α,β-unsaturated/α-hetero) is 1. The summed E-state index contributed by atoms with van der Waals surface area (Å²) in [6, 6.07) is 12.5. The molecule has 0 fully saturated rings. The molecule has 0 aliphatic carbocycles. The lowest BCUT2D eigenvalue weighted by atomic mass is 10.0. The number of anilines is 1. The van der Waals surface area contributed by atoms with Crippen molar-refractivity contribution in [3.05, 3.63) is 59.9 Å². The van der Waals surface area contributed by atoms with Crippen LogP contribution >= 0.6 is 0 Å². The largest absolute Gasteiger partial charge is 0.480 e. The number of ketones is 1. The van der Waals surface area contributed by atoms with Gasteiger partial charge in [0.2, 0.25) is 5.78 Å². The Morgan fingerprint density at radius 2 is 1.85 bits per heavy atom. The number of hydrogen-bond donors (Lipinski definition) is 1. The topological polar surface area (TPSA) is 52.3 Å². The molecule has 0 aliphatic rings. The van der Waals surface area contributed by atoms with E-state index in [-0.39, 0.29) is 11.6 Å². The lowest BCUT2D eigenvalue weighted by molar-refractivity contribution is 0.0788. The molecular formula is C16H16FNO2. The minimum absolute atomic E-state index is 0.184. The molecule has 0 radical (unpaired) electrons. The van der Waals surface area contributed by atoms with Crippen LogP contribution < -0.4 is 10.5 Å². The summed E-state index contributed by atoms with van der Waals surface area (Å²) >= 11 is 0. The zero-order valence-corrected chi connectivity index (χ0v) is 11.2. The Bertz CT molecular complexity index is 596. The van der Waals surface area contributed by atoms with E-state index in [0.717, 1.165) is 0 Å². The van der Waals surface area contributed by atoms with Gasteiger partial charge in [0, 0.05) is 5.56 Å². The van der Waals surface area contributed by atoms with Gasteiger partial charge in [-0.05, 0) is 42.8 Å². The zero-order chi connectivity index (χ0) is 14.5. The molecule has 2 aromatic carbocycles. The maximum Gasteiger partial charge on any atom is 0.203 e. The molecule has 2 N–H and O–H groups in total.